The van der Waals surface area contributed by atoms with Crippen LogP contribution in [0.1, 0.15) is 26.3 Å². The first-order chi connectivity index (χ1) is 13.1. The number of benzene rings is 1. The number of aliphatic hydroxyl groups is 2. The van der Waals surface area contributed by atoms with Gasteiger partial charge in [0.05, 0.1) is 6.61 Å². The van der Waals surface area contributed by atoms with Gasteiger partial charge in [0.2, 0.25) is 10.0 Å². The maximum absolute atomic E-state index is 13.3. The van der Waals surface area contributed by atoms with Crippen molar-refractivity contribution >= 4 is 10.0 Å². The summed E-state index contributed by atoms with van der Waals surface area (Å²) in [5.41, 5.74) is 0.563. The molecule has 7 nitrogen and oxygen atoms in total. The molecule has 2 rings (SSSR count). The van der Waals surface area contributed by atoms with Crippen molar-refractivity contribution in [1.29, 1.82) is 0 Å². The van der Waals surface area contributed by atoms with Crippen molar-refractivity contribution in [1.82, 2.24) is 9.21 Å². The van der Waals surface area contributed by atoms with Gasteiger partial charge in [0.1, 0.15) is 22.9 Å². The molecule has 0 aliphatic carbocycles. The van der Waals surface area contributed by atoms with Gasteiger partial charge in [-0.25, -0.2) is 8.42 Å². The Kier molecular flexibility index (Phi) is 7.48. The lowest BCUT2D eigenvalue weighted by atomic mass is 10.0. The third-order valence-electron chi connectivity index (χ3n) is 4.64. The second-order valence-electron chi connectivity index (χ2n) is 7.61. The number of rotatable bonds is 4. The van der Waals surface area contributed by atoms with Crippen LogP contribution in [0.4, 0.5) is 0 Å². The Labute approximate surface area is 168 Å². The van der Waals surface area contributed by atoms with Gasteiger partial charge in [-0.3, -0.25) is 0 Å². The number of hydrogen-bond donors (Lipinski definition) is 2. The van der Waals surface area contributed by atoms with Gasteiger partial charge in [-0.15, -0.1) is 0 Å². The normalized spacial score (nSPS) is 24.1. The summed E-state index contributed by atoms with van der Waals surface area (Å²) in [5.74, 6) is 5.64. The summed E-state index contributed by atoms with van der Waals surface area (Å²) in [7, 11) is 0.0217. The van der Waals surface area contributed by atoms with E-state index in [4.69, 9.17) is 4.74 Å². The summed E-state index contributed by atoms with van der Waals surface area (Å²) < 4.78 is 34.1. The van der Waals surface area contributed by atoms with Gasteiger partial charge < -0.3 is 19.8 Å². The van der Waals surface area contributed by atoms with Crippen LogP contribution in [0.15, 0.2) is 23.1 Å². The van der Waals surface area contributed by atoms with Crippen LogP contribution < -0.4 is 4.74 Å². The van der Waals surface area contributed by atoms with Crippen molar-refractivity contribution in [3.8, 4) is 17.6 Å². The summed E-state index contributed by atoms with van der Waals surface area (Å²) in [4.78, 5) is 2.06. The molecule has 1 aliphatic rings. The molecule has 0 saturated carbocycles. The van der Waals surface area contributed by atoms with Gasteiger partial charge in [0.25, 0.3) is 0 Å². The second kappa shape index (κ2) is 9.25. The highest BCUT2D eigenvalue weighted by Crippen LogP contribution is 2.34. The maximum Gasteiger partial charge on any atom is 0.247 e. The monoisotopic (exact) mass is 410 g/mol. The largest absolute Gasteiger partial charge is 0.487 e. The van der Waals surface area contributed by atoms with E-state index in [-0.39, 0.29) is 35.8 Å². The quantitative estimate of drug-likeness (QED) is 0.712. The molecule has 1 aromatic carbocycles. The van der Waals surface area contributed by atoms with E-state index in [0.29, 0.717) is 12.1 Å². The minimum Gasteiger partial charge on any atom is -0.487 e. The number of sulfonamides is 1. The highest BCUT2D eigenvalue weighted by atomic mass is 32.2. The third-order valence-corrected chi connectivity index (χ3v) is 6.66. The average Bonchev–Trinajstić information content (AvgIpc) is 2.61. The molecule has 0 amide bonds. The number of ether oxygens (including phenoxy) is 1. The smallest absolute Gasteiger partial charge is 0.247 e. The summed E-state index contributed by atoms with van der Waals surface area (Å²) in [6, 6.07) is 4.14. The average molecular weight is 411 g/mol. The van der Waals surface area contributed by atoms with Crippen LogP contribution in [0.3, 0.4) is 0 Å². The summed E-state index contributed by atoms with van der Waals surface area (Å²) in [6.07, 6.45) is -1.02. The molecule has 0 spiro atoms. The van der Waals surface area contributed by atoms with Crippen LogP contribution in [-0.2, 0) is 10.0 Å². The lowest BCUT2D eigenvalue weighted by Crippen LogP contribution is -2.49. The minimum atomic E-state index is -3.85. The van der Waals surface area contributed by atoms with Crippen molar-refractivity contribution < 1.29 is 23.4 Å². The van der Waals surface area contributed by atoms with Gasteiger partial charge >= 0.3 is 0 Å². The zero-order chi connectivity index (χ0) is 21.1. The first kappa shape index (κ1) is 22.7. The maximum atomic E-state index is 13.3. The van der Waals surface area contributed by atoms with E-state index in [1.807, 2.05) is 25.9 Å². The first-order valence-corrected chi connectivity index (χ1v) is 10.8. The number of aliphatic hydroxyl groups excluding tert-OH is 2. The molecule has 0 saturated heterocycles. The van der Waals surface area contributed by atoms with E-state index in [1.165, 1.54) is 10.4 Å². The molecular formula is C20H30N2O5S. The van der Waals surface area contributed by atoms with E-state index in [0.717, 1.165) is 0 Å². The first-order valence-electron chi connectivity index (χ1n) is 9.34. The van der Waals surface area contributed by atoms with Gasteiger partial charge in [-0.1, -0.05) is 18.8 Å². The van der Waals surface area contributed by atoms with Crippen LogP contribution in [0, 0.1) is 17.8 Å². The topological polar surface area (TPSA) is 90.3 Å². The molecule has 1 aliphatic heterocycles. The van der Waals surface area contributed by atoms with E-state index < -0.39 is 22.2 Å². The Bertz CT molecular complexity index is 842. The standard InChI is InChI=1S/C20H30N2O5S/c1-14-11-22(15(2)13-23)28(25,26)20-9-8-17(7-6-16(3)24)10-18(20)27-19(14)12-21(4)5/h8-10,14-16,19,23-24H,11-13H2,1-5H3/t14-,15+,16-,19+/m1/s1. The second-order valence-corrected chi connectivity index (χ2v) is 9.47. The Morgan fingerprint density at radius 3 is 2.61 bits per heavy atom. The molecular weight excluding hydrogens is 380 g/mol. The summed E-state index contributed by atoms with van der Waals surface area (Å²) >= 11 is 0. The molecule has 2 N–H and O–H groups in total. The Morgan fingerprint density at radius 2 is 2.04 bits per heavy atom. The van der Waals surface area contributed by atoms with Crippen LogP contribution in [-0.4, -0.2) is 79.9 Å². The number of nitrogens with zero attached hydrogens (tertiary/aromatic N) is 2. The van der Waals surface area contributed by atoms with Crippen LogP contribution >= 0.6 is 0 Å². The molecule has 0 radical (unpaired) electrons. The highest BCUT2D eigenvalue weighted by molar-refractivity contribution is 7.89. The molecule has 1 aromatic rings. The lowest BCUT2D eigenvalue weighted by molar-refractivity contribution is 0.0812. The van der Waals surface area contributed by atoms with Crippen molar-refractivity contribution in [2.24, 2.45) is 5.92 Å². The van der Waals surface area contributed by atoms with Crippen molar-refractivity contribution in [2.75, 3.05) is 33.8 Å². The third kappa shape index (κ3) is 5.25. The Morgan fingerprint density at radius 1 is 1.36 bits per heavy atom. The van der Waals surface area contributed by atoms with Crippen molar-refractivity contribution in [3.63, 3.8) is 0 Å². The number of likely N-dealkylation sites (N-methyl/N-ethyl adjacent to an activating group) is 1. The Hall–Kier alpha value is -1.63. The molecule has 0 aromatic heterocycles. The summed E-state index contributed by atoms with van der Waals surface area (Å²) in [6.45, 7) is 5.80. The molecule has 28 heavy (non-hydrogen) atoms. The highest BCUT2D eigenvalue weighted by Gasteiger charge is 2.37. The molecule has 0 fully saturated rings. The predicted octanol–water partition coefficient (Wildman–Crippen LogP) is 0.749. The fourth-order valence-electron chi connectivity index (χ4n) is 3.07. The van der Waals surface area contributed by atoms with Gasteiger partial charge in [-0.2, -0.15) is 4.31 Å². The van der Waals surface area contributed by atoms with Gasteiger partial charge in [0, 0.05) is 30.6 Å². The van der Waals surface area contributed by atoms with E-state index in [9.17, 15) is 18.6 Å². The zero-order valence-electron chi connectivity index (χ0n) is 17.1. The molecule has 1 heterocycles. The molecule has 4 atom stereocenters. The number of fused-ring (bicyclic) bond motifs is 1. The van der Waals surface area contributed by atoms with Crippen LogP contribution in [0.5, 0.6) is 5.75 Å². The molecule has 156 valence electrons. The van der Waals surface area contributed by atoms with E-state index in [2.05, 4.69) is 11.8 Å². The molecule has 0 bridgehead atoms. The van der Waals surface area contributed by atoms with Crippen molar-refractivity contribution in [3.05, 3.63) is 23.8 Å². The number of hydrogen-bond acceptors (Lipinski definition) is 6. The van der Waals surface area contributed by atoms with E-state index in [1.54, 1.807) is 26.0 Å². The van der Waals surface area contributed by atoms with Gasteiger partial charge in [0.15, 0.2) is 0 Å². The SMILES string of the molecule is C[C@@H]1CN([C@@H](C)CO)S(=O)(=O)c2ccc(C#C[C@@H](C)O)cc2O[C@H]1CN(C)C. The van der Waals surface area contributed by atoms with Crippen molar-refractivity contribution in [2.45, 2.75) is 43.9 Å². The molecule has 8 heteroatoms. The zero-order valence-corrected chi connectivity index (χ0v) is 17.9. The predicted molar refractivity (Wildman–Crippen MR) is 108 cm³/mol. The summed E-state index contributed by atoms with van der Waals surface area (Å²) in [5, 5.41) is 19.0. The fourth-order valence-corrected chi connectivity index (χ4v) is 4.89. The van der Waals surface area contributed by atoms with Crippen LogP contribution in [0.2, 0.25) is 0 Å². The van der Waals surface area contributed by atoms with E-state index >= 15 is 0 Å². The fraction of sp³-hybridized carbons (Fsp3) is 0.600. The lowest BCUT2D eigenvalue weighted by Gasteiger charge is -2.37. The minimum absolute atomic E-state index is 0.0612. The Balaban J connectivity index is 2.61. The van der Waals surface area contributed by atoms with Gasteiger partial charge in [-0.05, 0) is 46.1 Å². The van der Waals surface area contributed by atoms with Crippen LogP contribution in [0.25, 0.3) is 0 Å². The molecule has 0 unspecified atom stereocenters.